The highest BCUT2D eigenvalue weighted by Gasteiger charge is 2.10. The quantitative estimate of drug-likeness (QED) is 0.845. The minimum Gasteiger partial charge on any atom is -0.507 e. The zero-order valence-corrected chi connectivity index (χ0v) is 13.9. The summed E-state index contributed by atoms with van der Waals surface area (Å²) >= 11 is 3.27. The summed E-state index contributed by atoms with van der Waals surface area (Å²) in [5.41, 5.74) is 1.85. The predicted molar refractivity (Wildman–Crippen MR) is 87.3 cm³/mol. The van der Waals surface area contributed by atoms with E-state index in [-0.39, 0.29) is 11.5 Å². The first-order chi connectivity index (χ1) is 9.92. The van der Waals surface area contributed by atoms with Gasteiger partial charge in [-0.25, -0.2) is 8.42 Å². The van der Waals surface area contributed by atoms with E-state index in [1.54, 1.807) is 37.3 Å². The molecule has 2 aromatic carbocycles. The van der Waals surface area contributed by atoms with E-state index in [9.17, 15) is 13.5 Å². The third kappa shape index (κ3) is 3.98. The second-order valence-electron chi connectivity index (χ2n) is 4.57. The lowest BCUT2D eigenvalue weighted by molar-refractivity contribution is 0.471. The molecule has 21 heavy (non-hydrogen) atoms. The van der Waals surface area contributed by atoms with Crippen molar-refractivity contribution in [2.75, 3.05) is 11.1 Å². The Balaban J connectivity index is 2.05. The summed E-state index contributed by atoms with van der Waals surface area (Å²) in [6, 6.07) is 12.0. The summed E-state index contributed by atoms with van der Waals surface area (Å²) < 4.78 is 24.1. The second-order valence-corrected chi connectivity index (χ2v) is 7.70. The predicted octanol–water partition coefficient (Wildman–Crippen LogP) is 3.56. The van der Waals surface area contributed by atoms with Crippen molar-refractivity contribution in [3.05, 3.63) is 52.5 Å². The molecule has 0 unspecified atom stereocenters. The summed E-state index contributed by atoms with van der Waals surface area (Å²) in [6.45, 7) is 2.21. The van der Waals surface area contributed by atoms with E-state index < -0.39 is 9.84 Å². The van der Waals surface area contributed by atoms with Gasteiger partial charge in [-0.3, -0.25) is 0 Å². The molecule has 0 fully saturated rings. The van der Waals surface area contributed by atoms with Crippen molar-refractivity contribution < 1.29 is 13.5 Å². The van der Waals surface area contributed by atoms with Gasteiger partial charge in [0.05, 0.1) is 15.1 Å². The van der Waals surface area contributed by atoms with Crippen molar-refractivity contribution in [3.63, 3.8) is 0 Å². The van der Waals surface area contributed by atoms with Gasteiger partial charge in [0.1, 0.15) is 5.75 Å². The fourth-order valence-corrected chi connectivity index (χ4v) is 3.12. The third-order valence-electron chi connectivity index (χ3n) is 3.10. The number of phenols is 1. The number of nitrogens with one attached hydrogen (secondary N) is 1. The molecule has 0 heterocycles. The van der Waals surface area contributed by atoms with Gasteiger partial charge >= 0.3 is 0 Å². The molecule has 2 rings (SSSR count). The number of hydrogen-bond donors (Lipinski definition) is 2. The van der Waals surface area contributed by atoms with Gasteiger partial charge in [0.15, 0.2) is 9.84 Å². The molecular formula is C15H16BrNO3S. The van der Waals surface area contributed by atoms with Crippen molar-refractivity contribution in [1.29, 1.82) is 0 Å². The maximum Gasteiger partial charge on any atom is 0.178 e. The van der Waals surface area contributed by atoms with E-state index in [1.165, 1.54) is 0 Å². The molecule has 0 saturated heterocycles. The van der Waals surface area contributed by atoms with E-state index in [2.05, 4.69) is 21.2 Å². The minimum absolute atomic E-state index is 0.0985. The van der Waals surface area contributed by atoms with Crippen LogP contribution in [0.2, 0.25) is 0 Å². The number of aromatic hydroxyl groups is 1. The molecule has 0 radical (unpaired) electrons. The van der Waals surface area contributed by atoms with Crippen LogP contribution in [0.1, 0.15) is 12.5 Å². The monoisotopic (exact) mass is 369 g/mol. The number of halogens is 1. The first kappa shape index (κ1) is 15.9. The Morgan fingerprint density at radius 2 is 1.81 bits per heavy atom. The molecule has 2 aromatic rings. The van der Waals surface area contributed by atoms with Crippen LogP contribution in [0.5, 0.6) is 5.75 Å². The maximum atomic E-state index is 11.7. The van der Waals surface area contributed by atoms with Crippen molar-refractivity contribution in [3.8, 4) is 5.75 Å². The molecular weight excluding hydrogens is 354 g/mol. The van der Waals surface area contributed by atoms with Gasteiger partial charge in [0.25, 0.3) is 0 Å². The molecule has 0 bridgehead atoms. The van der Waals surface area contributed by atoms with Gasteiger partial charge in [-0.05, 0) is 57.9 Å². The largest absolute Gasteiger partial charge is 0.507 e. The van der Waals surface area contributed by atoms with E-state index in [4.69, 9.17) is 0 Å². The van der Waals surface area contributed by atoms with Crippen molar-refractivity contribution in [2.45, 2.75) is 18.4 Å². The first-order valence-electron chi connectivity index (χ1n) is 6.46. The molecule has 2 N–H and O–H groups in total. The molecule has 6 heteroatoms. The summed E-state index contributed by atoms with van der Waals surface area (Å²) in [4.78, 5) is 0.336. The molecule has 112 valence electrons. The number of benzene rings is 2. The molecule has 0 aromatic heterocycles. The minimum atomic E-state index is -3.15. The molecule has 0 amide bonds. The standard InChI is InChI=1S/C15H16BrNO3S/c1-2-21(19,20)13-6-4-12(5-7-13)17-10-11-3-8-15(18)14(16)9-11/h3-9,17-18H,2,10H2,1H3. The van der Waals surface area contributed by atoms with Crippen LogP contribution in [0.4, 0.5) is 5.69 Å². The average Bonchev–Trinajstić information content (AvgIpc) is 2.49. The molecule has 0 aliphatic carbocycles. The van der Waals surface area contributed by atoms with Crippen molar-refractivity contribution in [2.24, 2.45) is 0 Å². The van der Waals surface area contributed by atoms with E-state index in [1.807, 2.05) is 12.1 Å². The Morgan fingerprint density at radius 1 is 1.14 bits per heavy atom. The number of anilines is 1. The van der Waals surface area contributed by atoms with E-state index in [0.717, 1.165) is 11.3 Å². The molecule has 0 aliphatic heterocycles. The van der Waals surface area contributed by atoms with E-state index in [0.29, 0.717) is 15.9 Å². The Morgan fingerprint density at radius 3 is 2.38 bits per heavy atom. The number of phenolic OH excluding ortho intramolecular Hbond substituents is 1. The fourth-order valence-electron chi connectivity index (χ4n) is 1.81. The van der Waals surface area contributed by atoms with Crippen molar-refractivity contribution in [1.82, 2.24) is 0 Å². The first-order valence-corrected chi connectivity index (χ1v) is 8.91. The third-order valence-corrected chi connectivity index (χ3v) is 5.49. The molecule has 0 saturated carbocycles. The van der Waals surface area contributed by atoms with Crippen LogP contribution in [0.3, 0.4) is 0 Å². The van der Waals surface area contributed by atoms with Crippen LogP contribution in [0.15, 0.2) is 51.8 Å². The normalized spacial score (nSPS) is 11.3. The second kappa shape index (κ2) is 6.49. The van der Waals surface area contributed by atoms with Gasteiger partial charge in [0, 0.05) is 12.2 Å². The lowest BCUT2D eigenvalue weighted by atomic mass is 10.2. The Kier molecular flexibility index (Phi) is 4.90. The maximum absolute atomic E-state index is 11.7. The Labute approximate surface area is 132 Å². The van der Waals surface area contributed by atoms with Crippen molar-refractivity contribution >= 4 is 31.5 Å². The van der Waals surface area contributed by atoms with Crippen LogP contribution in [-0.4, -0.2) is 19.3 Å². The number of sulfone groups is 1. The topological polar surface area (TPSA) is 66.4 Å². The highest BCUT2D eigenvalue weighted by molar-refractivity contribution is 9.10. The van der Waals surface area contributed by atoms with E-state index >= 15 is 0 Å². The summed E-state index contributed by atoms with van der Waals surface area (Å²) in [5.74, 6) is 0.300. The Hall–Kier alpha value is -1.53. The molecule has 4 nitrogen and oxygen atoms in total. The summed E-state index contributed by atoms with van der Waals surface area (Å²) in [5, 5.41) is 12.6. The average molecular weight is 370 g/mol. The number of rotatable bonds is 5. The lowest BCUT2D eigenvalue weighted by Crippen LogP contribution is -2.04. The zero-order chi connectivity index (χ0) is 15.5. The molecule has 0 spiro atoms. The lowest BCUT2D eigenvalue weighted by Gasteiger charge is -2.08. The zero-order valence-electron chi connectivity index (χ0n) is 11.5. The Bertz CT molecular complexity index is 727. The van der Waals surface area contributed by atoms with Gasteiger partial charge in [-0.1, -0.05) is 13.0 Å². The van der Waals surface area contributed by atoms with Crippen LogP contribution >= 0.6 is 15.9 Å². The van der Waals surface area contributed by atoms with Gasteiger partial charge in [-0.15, -0.1) is 0 Å². The summed E-state index contributed by atoms with van der Waals surface area (Å²) in [6.07, 6.45) is 0. The van der Waals surface area contributed by atoms with Gasteiger partial charge in [-0.2, -0.15) is 0 Å². The fraction of sp³-hybridized carbons (Fsp3) is 0.200. The van der Waals surface area contributed by atoms with Gasteiger partial charge < -0.3 is 10.4 Å². The molecule has 0 aliphatic rings. The SMILES string of the molecule is CCS(=O)(=O)c1ccc(NCc2ccc(O)c(Br)c2)cc1. The number of hydrogen-bond acceptors (Lipinski definition) is 4. The van der Waals surface area contributed by atoms with Gasteiger partial charge in [0.2, 0.25) is 0 Å². The van der Waals surface area contributed by atoms with Crippen LogP contribution < -0.4 is 5.32 Å². The van der Waals surface area contributed by atoms with Crippen LogP contribution in [0, 0.1) is 0 Å². The highest BCUT2D eigenvalue weighted by atomic mass is 79.9. The smallest absolute Gasteiger partial charge is 0.178 e. The molecule has 0 atom stereocenters. The van der Waals surface area contributed by atoms with Crippen LogP contribution in [0.25, 0.3) is 0 Å². The highest BCUT2D eigenvalue weighted by Crippen LogP contribution is 2.24. The summed E-state index contributed by atoms with van der Waals surface area (Å²) in [7, 11) is -3.15. The van der Waals surface area contributed by atoms with Crippen LogP contribution in [-0.2, 0) is 16.4 Å².